The van der Waals surface area contributed by atoms with Gasteiger partial charge in [0.2, 0.25) is 0 Å². The molecule has 0 spiro atoms. The number of hydrogen-bond donors (Lipinski definition) is 1. The third kappa shape index (κ3) is 3.39. The molecule has 108 valence electrons. The van der Waals surface area contributed by atoms with Crippen molar-refractivity contribution in [2.45, 2.75) is 0 Å². The highest BCUT2D eigenvalue weighted by Gasteiger charge is 2.13. The summed E-state index contributed by atoms with van der Waals surface area (Å²) in [6.45, 7) is 0. The van der Waals surface area contributed by atoms with Crippen molar-refractivity contribution in [3.05, 3.63) is 81.7 Å². The predicted molar refractivity (Wildman–Crippen MR) is 82.0 cm³/mol. The molecule has 1 N–H and O–H groups in total. The smallest absolute Gasteiger partial charge is 0.336 e. The van der Waals surface area contributed by atoms with Gasteiger partial charge in [-0.3, -0.25) is 4.79 Å². The SMILES string of the molecule is [N-]=[N+]=Nc1cccc(C=CC(=O)c2ccccc2)c1C(=O)O. The third-order valence-corrected chi connectivity index (χ3v) is 2.91. The van der Waals surface area contributed by atoms with Crippen LogP contribution in [0.5, 0.6) is 0 Å². The zero-order chi connectivity index (χ0) is 15.9. The second kappa shape index (κ2) is 6.88. The summed E-state index contributed by atoms with van der Waals surface area (Å²) in [6.07, 6.45) is 2.69. The Morgan fingerprint density at radius 1 is 1.09 bits per heavy atom. The zero-order valence-electron chi connectivity index (χ0n) is 11.4. The van der Waals surface area contributed by atoms with Crippen molar-refractivity contribution in [3.8, 4) is 0 Å². The van der Waals surface area contributed by atoms with Crippen LogP contribution in [0.2, 0.25) is 0 Å². The van der Waals surface area contributed by atoms with E-state index in [9.17, 15) is 14.7 Å². The molecular weight excluding hydrogens is 282 g/mol. The summed E-state index contributed by atoms with van der Waals surface area (Å²) in [7, 11) is 0. The van der Waals surface area contributed by atoms with Gasteiger partial charge in [-0.25, -0.2) is 4.79 Å². The Morgan fingerprint density at radius 2 is 1.82 bits per heavy atom. The Hall–Kier alpha value is -3.37. The number of allylic oxidation sites excluding steroid dienone is 1. The first-order valence-electron chi connectivity index (χ1n) is 6.32. The van der Waals surface area contributed by atoms with Crippen molar-refractivity contribution in [1.82, 2.24) is 0 Å². The molecule has 0 aliphatic heterocycles. The van der Waals surface area contributed by atoms with E-state index in [1.54, 1.807) is 36.4 Å². The first-order valence-corrected chi connectivity index (χ1v) is 6.32. The normalized spacial score (nSPS) is 10.2. The molecule has 6 heteroatoms. The lowest BCUT2D eigenvalue weighted by atomic mass is 10.0. The molecular formula is C16H11N3O3. The first kappa shape index (κ1) is 15.0. The molecule has 2 aromatic rings. The van der Waals surface area contributed by atoms with Gasteiger partial charge in [0, 0.05) is 10.5 Å². The molecule has 0 radical (unpaired) electrons. The largest absolute Gasteiger partial charge is 0.478 e. The van der Waals surface area contributed by atoms with Crippen LogP contribution in [-0.2, 0) is 0 Å². The summed E-state index contributed by atoms with van der Waals surface area (Å²) in [5.74, 6) is -1.47. The molecule has 0 aromatic heterocycles. The molecule has 22 heavy (non-hydrogen) atoms. The number of carboxylic acid groups (broad SMARTS) is 1. The van der Waals surface area contributed by atoms with Gasteiger partial charge in [0.25, 0.3) is 0 Å². The lowest BCUT2D eigenvalue weighted by molar-refractivity contribution is 0.0697. The van der Waals surface area contributed by atoms with Gasteiger partial charge in [0.1, 0.15) is 0 Å². The van der Waals surface area contributed by atoms with Crippen LogP contribution in [0, 0.1) is 0 Å². The van der Waals surface area contributed by atoms with Crippen LogP contribution in [0.4, 0.5) is 5.69 Å². The Balaban J connectivity index is 2.39. The maximum Gasteiger partial charge on any atom is 0.336 e. The number of carbonyl (C=O) groups is 2. The zero-order valence-corrected chi connectivity index (χ0v) is 11.4. The van der Waals surface area contributed by atoms with E-state index in [1.165, 1.54) is 24.3 Å². The van der Waals surface area contributed by atoms with Gasteiger partial charge >= 0.3 is 5.97 Å². The summed E-state index contributed by atoms with van der Waals surface area (Å²) >= 11 is 0. The Labute approximate surface area is 126 Å². The van der Waals surface area contributed by atoms with E-state index in [0.717, 1.165) is 0 Å². The van der Waals surface area contributed by atoms with Gasteiger partial charge in [-0.15, -0.1) is 0 Å². The van der Waals surface area contributed by atoms with Crippen LogP contribution in [0.15, 0.2) is 59.7 Å². The van der Waals surface area contributed by atoms with Crippen molar-refractivity contribution in [2.75, 3.05) is 0 Å². The maximum absolute atomic E-state index is 12.0. The summed E-state index contributed by atoms with van der Waals surface area (Å²) in [4.78, 5) is 25.9. The van der Waals surface area contributed by atoms with Crippen LogP contribution in [-0.4, -0.2) is 16.9 Å². The standard InChI is InChI=1S/C16H11N3O3/c17-19-18-13-8-4-7-12(15(13)16(21)22)9-10-14(20)11-5-2-1-3-6-11/h1-10H,(H,21,22). The second-order valence-electron chi connectivity index (χ2n) is 4.30. The Morgan fingerprint density at radius 3 is 2.45 bits per heavy atom. The Bertz CT molecular complexity index is 792. The van der Waals surface area contributed by atoms with E-state index in [0.29, 0.717) is 11.1 Å². The molecule has 6 nitrogen and oxygen atoms in total. The van der Waals surface area contributed by atoms with Gasteiger partial charge in [0.05, 0.1) is 11.3 Å². The van der Waals surface area contributed by atoms with Crippen molar-refractivity contribution in [3.63, 3.8) is 0 Å². The highest BCUT2D eigenvalue weighted by atomic mass is 16.4. The van der Waals surface area contributed by atoms with E-state index in [1.807, 2.05) is 0 Å². The number of rotatable bonds is 5. The minimum Gasteiger partial charge on any atom is -0.478 e. The molecule has 0 amide bonds. The molecule has 2 rings (SSSR count). The minimum atomic E-state index is -1.23. The number of azide groups is 1. The van der Waals surface area contributed by atoms with Crippen molar-refractivity contribution in [2.24, 2.45) is 5.11 Å². The average molecular weight is 293 g/mol. The number of benzene rings is 2. The number of nitrogens with zero attached hydrogens (tertiary/aromatic N) is 3. The number of hydrogen-bond acceptors (Lipinski definition) is 3. The highest BCUT2D eigenvalue weighted by molar-refractivity contribution is 6.08. The summed E-state index contributed by atoms with van der Waals surface area (Å²) in [5.41, 5.74) is 9.13. The molecule has 0 saturated carbocycles. The van der Waals surface area contributed by atoms with E-state index in [2.05, 4.69) is 10.0 Å². The molecule has 0 fully saturated rings. The molecule has 0 unspecified atom stereocenters. The quantitative estimate of drug-likeness (QED) is 0.293. The third-order valence-electron chi connectivity index (χ3n) is 2.91. The van der Waals surface area contributed by atoms with Gasteiger partial charge in [-0.1, -0.05) is 59.7 Å². The van der Waals surface area contributed by atoms with E-state index in [-0.39, 0.29) is 17.0 Å². The number of carboxylic acids is 1. The van der Waals surface area contributed by atoms with Crippen LogP contribution < -0.4 is 0 Å². The number of ketones is 1. The van der Waals surface area contributed by atoms with Crippen molar-refractivity contribution >= 4 is 23.5 Å². The summed E-state index contributed by atoms with van der Waals surface area (Å²) < 4.78 is 0. The molecule has 2 aromatic carbocycles. The molecule has 0 aliphatic rings. The van der Waals surface area contributed by atoms with E-state index >= 15 is 0 Å². The summed E-state index contributed by atoms with van der Waals surface area (Å²) in [6, 6.07) is 13.1. The van der Waals surface area contributed by atoms with E-state index < -0.39 is 5.97 Å². The first-order chi connectivity index (χ1) is 10.6. The predicted octanol–water partition coefficient (Wildman–Crippen LogP) is 4.22. The number of aromatic carboxylic acids is 1. The van der Waals surface area contributed by atoms with E-state index in [4.69, 9.17) is 5.53 Å². The Kier molecular flexibility index (Phi) is 4.70. The average Bonchev–Trinajstić information content (AvgIpc) is 2.53. The van der Waals surface area contributed by atoms with Gasteiger partial charge < -0.3 is 5.11 Å². The lowest BCUT2D eigenvalue weighted by Gasteiger charge is -2.04. The topological polar surface area (TPSA) is 103 Å². The molecule has 0 atom stereocenters. The highest BCUT2D eigenvalue weighted by Crippen LogP contribution is 2.24. The monoisotopic (exact) mass is 293 g/mol. The fourth-order valence-corrected chi connectivity index (χ4v) is 1.93. The molecule has 0 aliphatic carbocycles. The lowest BCUT2D eigenvalue weighted by Crippen LogP contribution is -2.00. The van der Waals surface area contributed by atoms with Crippen LogP contribution >= 0.6 is 0 Å². The fourth-order valence-electron chi connectivity index (χ4n) is 1.93. The fraction of sp³-hybridized carbons (Fsp3) is 0. The molecule has 0 saturated heterocycles. The summed E-state index contributed by atoms with van der Waals surface area (Å²) in [5, 5.41) is 12.6. The number of carbonyl (C=O) groups excluding carboxylic acids is 1. The molecule has 0 heterocycles. The second-order valence-corrected chi connectivity index (χ2v) is 4.30. The van der Waals surface area contributed by atoms with Crippen LogP contribution in [0.3, 0.4) is 0 Å². The maximum atomic E-state index is 12.0. The van der Waals surface area contributed by atoms with Gasteiger partial charge in [-0.2, -0.15) is 0 Å². The van der Waals surface area contributed by atoms with Crippen molar-refractivity contribution < 1.29 is 14.7 Å². The van der Waals surface area contributed by atoms with Gasteiger partial charge in [0.15, 0.2) is 5.78 Å². The van der Waals surface area contributed by atoms with Crippen LogP contribution in [0.25, 0.3) is 16.5 Å². The minimum absolute atomic E-state index is 0.00399. The molecule has 0 bridgehead atoms. The van der Waals surface area contributed by atoms with Gasteiger partial charge in [-0.05, 0) is 17.2 Å². The van der Waals surface area contributed by atoms with Crippen molar-refractivity contribution in [1.29, 1.82) is 0 Å². The van der Waals surface area contributed by atoms with Crippen LogP contribution in [0.1, 0.15) is 26.3 Å².